The first-order valence-corrected chi connectivity index (χ1v) is 9.47. The van der Waals surface area contributed by atoms with E-state index >= 15 is 0 Å². The van der Waals surface area contributed by atoms with Crippen molar-refractivity contribution in [3.05, 3.63) is 65.1 Å². The number of amides is 1. The molecule has 30 heavy (non-hydrogen) atoms. The quantitative estimate of drug-likeness (QED) is 0.680. The number of aryl methyl sites for hydroxylation is 2. The maximum absolute atomic E-state index is 13.7. The van der Waals surface area contributed by atoms with Crippen LogP contribution in [0.25, 0.3) is 0 Å². The lowest BCUT2D eigenvalue weighted by Crippen LogP contribution is -2.35. The van der Waals surface area contributed by atoms with E-state index < -0.39 is 24.2 Å². The summed E-state index contributed by atoms with van der Waals surface area (Å²) in [4.78, 5) is 12.5. The topological polar surface area (TPSA) is 76.8 Å². The van der Waals surface area contributed by atoms with Gasteiger partial charge < -0.3 is 10.6 Å². The number of rotatable bonds is 4. The molecule has 7 nitrogen and oxygen atoms in total. The van der Waals surface area contributed by atoms with Crippen molar-refractivity contribution < 1.29 is 18.0 Å². The van der Waals surface area contributed by atoms with Crippen molar-refractivity contribution in [3.8, 4) is 0 Å². The van der Waals surface area contributed by atoms with E-state index in [0.29, 0.717) is 0 Å². The monoisotopic (exact) mass is 418 g/mol. The van der Waals surface area contributed by atoms with Crippen molar-refractivity contribution in [2.75, 3.05) is 5.32 Å². The highest BCUT2D eigenvalue weighted by Crippen LogP contribution is 2.43. The predicted molar refractivity (Wildman–Crippen MR) is 104 cm³/mol. The minimum Gasteiger partial charge on any atom is -0.363 e. The zero-order chi connectivity index (χ0) is 21.5. The third kappa shape index (κ3) is 3.89. The molecule has 2 N–H and O–H groups in total. The third-order valence-corrected chi connectivity index (χ3v) is 5.18. The number of anilines is 1. The summed E-state index contributed by atoms with van der Waals surface area (Å²) in [5.41, 5.74) is 2.27. The van der Waals surface area contributed by atoms with Crippen molar-refractivity contribution in [3.63, 3.8) is 0 Å². The average molecular weight is 418 g/mol. The Balaban J connectivity index is 1.57. The Labute approximate surface area is 170 Å². The Morgan fingerprint density at radius 2 is 2.00 bits per heavy atom. The van der Waals surface area contributed by atoms with Crippen LogP contribution in [0.2, 0.25) is 0 Å². The SMILES string of the molecule is Cc1nn(C)cc1CNC(=O)c1cc2n(n1)[C@H](C(F)(F)F)C[C@@H](c1ccccc1)N2. The average Bonchev–Trinajstić information content (AvgIpc) is 3.27. The van der Waals surface area contributed by atoms with Crippen molar-refractivity contribution in [2.45, 2.75) is 38.1 Å². The molecule has 0 bridgehead atoms. The Morgan fingerprint density at radius 1 is 1.27 bits per heavy atom. The van der Waals surface area contributed by atoms with Gasteiger partial charge in [0.25, 0.3) is 5.91 Å². The van der Waals surface area contributed by atoms with E-state index in [1.165, 1.54) is 6.07 Å². The third-order valence-electron chi connectivity index (χ3n) is 5.18. The van der Waals surface area contributed by atoms with Crippen LogP contribution < -0.4 is 10.6 Å². The molecule has 1 amide bonds. The number of carbonyl (C=O) groups is 1. The first kappa shape index (κ1) is 20.0. The molecule has 0 saturated heterocycles. The van der Waals surface area contributed by atoms with E-state index in [1.807, 2.05) is 13.0 Å². The van der Waals surface area contributed by atoms with Gasteiger partial charge in [-0.15, -0.1) is 0 Å². The standard InChI is InChI=1S/C20H21F3N6O/c1-12-14(11-28(2)26-12)10-24-19(30)16-9-18-25-15(13-6-4-3-5-7-13)8-17(20(21,22)23)29(18)27-16/h3-7,9,11,15,17,25H,8,10H2,1-2H3,(H,24,30)/t15-,17-/m0/s1. The van der Waals surface area contributed by atoms with Crippen LogP contribution in [0.15, 0.2) is 42.6 Å². The van der Waals surface area contributed by atoms with E-state index in [4.69, 9.17) is 0 Å². The van der Waals surface area contributed by atoms with Gasteiger partial charge in [-0.05, 0) is 12.5 Å². The Bertz CT molecular complexity index is 1060. The second-order valence-corrected chi connectivity index (χ2v) is 7.36. The molecule has 0 fully saturated rings. The Kier molecular flexibility index (Phi) is 5.00. The number of nitrogens with zero attached hydrogens (tertiary/aromatic N) is 4. The summed E-state index contributed by atoms with van der Waals surface area (Å²) in [6.07, 6.45) is -2.92. The van der Waals surface area contributed by atoms with Crippen LogP contribution in [0, 0.1) is 6.92 Å². The number of hydrogen-bond acceptors (Lipinski definition) is 4. The number of halogens is 3. The molecule has 0 spiro atoms. The van der Waals surface area contributed by atoms with E-state index in [1.54, 1.807) is 42.2 Å². The molecule has 0 unspecified atom stereocenters. The summed E-state index contributed by atoms with van der Waals surface area (Å²) >= 11 is 0. The Morgan fingerprint density at radius 3 is 2.63 bits per heavy atom. The van der Waals surface area contributed by atoms with Gasteiger partial charge in [0.2, 0.25) is 0 Å². The van der Waals surface area contributed by atoms with Gasteiger partial charge in [-0.2, -0.15) is 23.4 Å². The van der Waals surface area contributed by atoms with Crippen LogP contribution in [0.1, 0.15) is 45.8 Å². The van der Waals surface area contributed by atoms with Gasteiger partial charge >= 0.3 is 6.18 Å². The number of aromatic nitrogens is 4. The molecule has 2 atom stereocenters. The second kappa shape index (κ2) is 7.51. The molecule has 3 aromatic rings. The number of alkyl halides is 3. The number of hydrogen-bond donors (Lipinski definition) is 2. The van der Waals surface area contributed by atoms with E-state index in [9.17, 15) is 18.0 Å². The van der Waals surface area contributed by atoms with Crippen LogP contribution in [0.5, 0.6) is 0 Å². The van der Waals surface area contributed by atoms with Gasteiger partial charge in [0, 0.05) is 37.8 Å². The lowest BCUT2D eigenvalue weighted by molar-refractivity contribution is -0.173. The number of nitrogens with one attached hydrogen (secondary N) is 2. The van der Waals surface area contributed by atoms with Crippen molar-refractivity contribution in [1.82, 2.24) is 24.9 Å². The normalized spacial score (nSPS) is 18.6. The minimum absolute atomic E-state index is 0.0676. The van der Waals surface area contributed by atoms with Crippen LogP contribution >= 0.6 is 0 Å². The van der Waals surface area contributed by atoms with Gasteiger partial charge in [0.05, 0.1) is 11.7 Å². The molecular weight excluding hydrogens is 397 g/mol. The highest BCUT2D eigenvalue weighted by molar-refractivity contribution is 5.93. The summed E-state index contributed by atoms with van der Waals surface area (Å²) in [5, 5.41) is 13.9. The number of benzene rings is 1. The fourth-order valence-corrected chi connectivity index (χ4v) is 3.68. The summed E-state index contributed by atoms with van der Waals surface area (Å²) in [7, 11) is 1.77. The van der Waals surface area contributed by atoms with E-state index in [2.05, 4.69) is 20.8 Å². The first-order chi connectivity index (χ1) is 14.2. The molecule has 158 valence electrons. The summed E-state index contributed by atoms with van der Waals surface area (Å²) in [6.45, 7) is 2.03. The molecule has 3 heterocycles. The molecule has 0 saturated carbocycles. The molecule has 10 heteroatoms. The Hall–Kier alpha value is -3.30. The molecule has 2 aromatic heterocycles. The van der Waals surface area contributed by atoms with Gasteiger partial charge in [0.15, 0.2) is 11.7 Å². The number of fused-ring (bicyclic) bond motifs is 1. The van der Waals surface area contributed by atoms with Gasteiger partial charge in [0.1, 0.15) is 5.82 Å². The lowest BCUT2D eigenvalue weighted by atomic mass is 9.97. The largest absolute Gasteiger partial charge is 0.410 e. The zero-order valence-corrected chi connectivity index (χ0v) is 16.4. The second-order valence-electron chi connectivity index (χ2n) is 7.36. The van der Waals surface area contributed by atoms with Crippen LogP contribution in [-0.4, -0.2) is 31.6 Å². The summed E-state index contributed by atoms with van der Waals surface area (Å²) < 4.78 is 43.7. The molecular formula is C20H21F3N6O. The van der Waals surface area contributed by atoms with E-state index in [0.717, 1.165) is 21.5 Å². The molecule has 4 rings (SSSR count). The zero-order valence-electron chi connectivity index (χ0n) is 16.4. The number of carbonyl (C=O) groups excluding carboxylic acids is 1. The molecule has 1 aliphatic heterocycles. The van der Waals surface area contributed by atoms with Gasteiger partial charge in [-0.1, -0.05) is 30.3 Å². The van der Waals surface area contributed by atoms with Crippen molar-refractivity contribution in [1.29, 1.82) is 0 Å². The summed E-state index contributed by atoms with van der Waals surface area (Å²) in [5.74, 6) is -0.376. The van der Waals surface area contributed by atoms with E-state index in [-0.39, 0.29) is 24.5 Å². The van der Waals surface area contributed by atoms with Crippen molar-refractivity contribution in [2.24, 2.45) is 7.05 Å². The summed E-state index contributed by atoms with van der Waals surface area (Å²) in [6, 6.07) is 7.94. The molecule has 1 aromatic carbocycles. The predicted octanol–water partition coefficient (Wildman–Crippen LogP) is 3.52. The fourth-order valence-electron chi connectivity index (χ4n) is 3.68. The van der Waals surface area contributed by atoms with Crippen LogP contribution in [-0.2, 0) is 13.6 Å². The molecule has 1 aliphatic rings. The van der Waals surface area contributed by atoms with Gasteiger partial charge in [-0.25, -0.2) is 4.68 Å². The highest BCUT2D eigenvalue weighted by Gasteiger charge is 2.46. The molecule has 0 radical (unpaired) electrons. The van der Waals surface area contributed by atoms with Crippen LogP contribution in [0.3, 0.4) is 0 Å². The fraction of sp³-hybridized carbons (Fsp3) is 0.350. The van der Waals surface area contributed by atoms with Gasteiger partial charge in [-0.3, -0.25) is 9.48 Å². The maximum Gasteiger partial charge on any atom is 0.410 e. The minimum atomic E-state index is -4.49. The highest BCUT2D eigenvalue weighted by atomic mass is 19.4. The first-order valence-electron chi connectivity index (χ1n) is 9.47. The molecule has 0 aliphatic carbocycles. The van der Waals surface area contributed by atoms with Crippen molar-refractivity contribution >= 4 is 11.7 Å². The van der Waals surface area contributed by atoms with Crippen LogP contribution in [0.4, 0.5) is 19.0 Å². The maximum atomic E-state index is 13.7. The lowest BCUT2D eigenvalue weighted by Gasteiger charge is -2.33. The smallest absolute Gasteiger partial charge is 0.363 e.